The minimum Gasteiger partial charge on any atom is -0.478 e. The molecule has 1 aromatic rings. The second-order valence-electron chi connectivity index (χ2n) is 3.20. The highest BCUT2D eigenvalue weighted by molar-refractivity contribution is 9.10. The van der Waals surface area contributed by atoms with Crippen molar-refractivity contribution in [3.05, 3.63) is 46.6 Å². The number of carboxylic acid groups (broad SMARTS) is 1. The van der Waals surface area contributed by atoms with Crippen molar-refractivity contribution in [2.75, 3.05) is 7.05 Å². The topological polar surface area (TPSA) is 40.5 Å². The molecule has 0 atom stereocenters. The Hall–Kier alpha value is -1.29. The van der Waals surface area contributed by atoms with E-state index in [1.54, 1.807) is 6.20 Å². The number of nitrogens with zero attached hydrogens (tertiary/aromatic N) is 1. The summed E-state index contributed by atoms with van der Waals surface area (Å²) in [5, 5.41) is 8.45. The van der Waals surface area contributed by atoms with E-state index in [2.05, 4.69) is 15.9 Å². The predicted octanol–water partition coefficient (Wildman–Crippen LogP) is 2.48. The van der Waals surface area contributed by atoms with E-state index in [0.29, 0.717) is 6.54 Å². The molecular formula is C11H12BrNO2. The van der Waals surface area contributed by atoms with Crippen LogP contribution in [-0.4, -0.2) is 23.0 Å². The summed E-state index contributed by atoms with van der Waals surface area (Å²) in [5.74, 6) is -0.933. The summed E-state index contributed by atoms with van der Waals surface area (Å²) in [6.07, 6.45) is 2.67. The van der Waals surface area contributed by atoms with Gasteiger partial charge in [-0.3, -0.25) is 0 Å². The standard InChI is InChI=1S/C11H12BrNO2/c1-13(7-6-11(14)15)8-9-2-4-10(12)5-3-9/h2-7H,8H2,1H3,(H,14,15). The molecule has 3 nitrogen and oxygen atoms in total. The van der Waals surface area contributed by atoms with Gasteiger partial charge >= 0.3 is 5.97 Å². The Morgan fingerprint density at radius 3 is 2.60 bits per heavy atom. The maximum Gasteiger partial charge on any atom is 0.329 e. The lowest BCUT2D eigenvalue weighted by Gasteiger charge is -2.13. The second-order valence-corrected chi connectivity index (χ2v) is 4.11. The van der Waals surface area contributed by atoms with Gasteiger partial charge in [-0.2, -0.15) is 0 Å². The SMILES string of the molecule is CN(C=CC(=O)O)Cc1ccc(Br)cc1. The number of hydrogen-bond acceptors (Lipinski definition) is 2. The van der Waals surface area contributed by atoms with Crippen LogP contribution in [0.4, 0.5) is 0 Å². The van der Waals surface area contributed by atoms with Crippen LogP contribution in [0.15, 0.2) is 41.0 Å². The average Bonchev–Trinajstić information content (AvgIpc) is 2.19. The van der Waals surface area contributed by atoms with Crippen LogP contribution in [0.2, 0.25) is 0 Å². The minimum atomic E-state index is -0.933. The molecule has 1 N–H and O–H groups in total. The Morgan fingerprint density at radius 2 is 2.07 bits per heavy atom. The van der Waals surface area contributed by atoms with Gasteiger partial charge in [0, 0.05) is 30.3 Å². The molecule has 0 fully saturated rings. The van der Waals surface area contributed by atoms with E-state index in [0.717, 1.165) is 16.1 Å². The first kappa shape index (κ1) is 11.8. The molecule has 0 saturated heterocycles. The van der Waals surface area contributed by atoms with Gasteiger partial charge in [0.1, 0.15) is 0 Å². The summed E-state index contributed by atoms with van der Waals surface area (Å²) in [6, 6.07) is 7.92. The number of carbonyl (C=O) groups is 1. The third-order valence-electron chi connectivity index (χ3n) is 1.82. The van der Waals surface area contributed by atoms with Crippen LogP contribution in [0.1, 0.15) is 5.56 Å². The van der Waals surface area contributed by atoms with E-state index in [1.807, 2.05) is 36.2 Å². The van der Waals surface area contributed by atoms with Crippen molar-refractivity contribution in [2.45, 2.75) is 6.54 Å². The van der Waals surface area contributed by atoms with E-state index < -0.39 is 5.97 Å². The maximum atomic E-state index is 10.3. The van der Waals surface area contributed by atoms with E-state index in [-0.39, 0.29) is 0 Å². The first-order chi connectivity index (χ1) is 7.08. The van der Waals surface area contributed by atoms with Gasteiger partial charge in [0.15, 0.2) is 0 Å². The summed E-state index contributed by atoms with van der Waals surface area (Å²) < 4.78 is 1.04. The van der Waals surface area contributed by atoms with Gasteiger partial charge in [-0.15, -0.1) is 0 Å². The molecule has 0 amide bonds. The number of benzene rings is 1. The molecule has 0 heterocycles. The van der Waals surface area contributed by atoms with Gasteiger partial charge in [-0.05, 0) is 17.7 Å². The van der Waals surface area contributed by atoms with Crippen LogP contribution in [0.3, 0.4) is 0 Å². The first-order valence-electron chi connectivity index (χ1n) is 4.44. The summed E-state index contributed by atoms with van der Waals surface area (Å²) in [6.45, 7) is 0.692. The lowest BCUT2D eigenvalue weighted by molar-refractivity contribution is -0.131. The third-order valence-corrected chi connectivity index (χ3v) is 2.35. The fourth-order valence-electron chi connectivity index (χ4n) is 1.12. The second kappa shape index (κ2) is 5.56. The fraction of sp³-hybridized carbons (Fsp3) is 0.182. The Balaban J connectivity index is 2.54. The minimum absolute atomic E-state index is 0.692. The summed E-state index contributed by atoms with van der Waals surface area (Å²) in [7, 11) is 1.83. The molecule has 0 aliphatic heterocycles. The third kappa shape index (κ3) is 4.65. The number of aliphatic carboxylic acids is 1. The van der Waals surface area contributed by atoms with Gasteiger partial charge in [-0.1, -0.05) is 28.1 Å². The zero-order valence-electron chi connectivity index (χ0n) is 8.35. The fourth-order valence-corrected chi connectivity index (χ4v) is 1.39. The molecule has 0 unspecified atom stereocenters. The summed E-state index contributed by atoms with van der Waals surface area (Å²) in [4.78, 5) is 12.1. The molecule has 0 bridgehead atoms. The normalized spacial score (nSPS) is 10.5. The molecule has 4 heteroatoms. The monoisotopic (exact) mass is 269 g/mol. The molecule has 1 rings (SSSR count). The molecule has 0 aliphatic carbocycles. The molecule has 0 saturated carbocycles. The Labute approximate surface area is 97.1 Å². The van der Waals surface area contributed by atoms with E-state index >= 15 is 0 Å². The van der Waals surface area contributed by atoms with E-state index in [1.165, 1.54) is 0 Å². The first-order valence-corrected chi connectivity index (χ1v) is 5.23. The van der Waals surface area contributed by atoms with Gasteiger partial charge in [0.05, 0.1) is 0 Å². The highest BCUT2D eigenvalue weighted by atomic mass is 79.9. The predicted molar refractivity (Wildman–Crippen MR) is 62.4 cm³/mol. The number of carboxylic acids is 1. The van der Waals surface area contributed by atoms with Crippen LogP contribution in [0.5, 0.6) is 0 Å². The Kier molecular flexibility index (Phi) is 4.37. The Morgan fingerprint density at radius 1 is 1.47 bits per heavy atom. The molecule has 0 aliphatic rings. The molecule has 0 spiro atoms. The van der Waals surface area contributed by atoms with Crippen molar-refractivity contribution < 1.29 is 9.90 Å². The molecule has 80 valence electrons. The number of halogens is 1. The van der Waals surface area contributed by atoms with Gasteiger partial charge in [0.25, 0.3) is 0 Å². The average molecular weight is 270 g/mol. The highest BCUT2D eigenvalue weighted by Gasteiger charge is 1.96. The number of rotatable bonds is 4. The Bertz CT molecular complexity index is 359. The molecular weight excluding hydrogens is 258 g/mol. The summed E-state index contributed by atoms with van der Waals surface area (Å²) in [5.41, 5.74) is 1.13. The van der Waals surface area contributed by atoms with Crippen LogP contribution in [0, 0.1) is 0 Å². The lowest BCUT2D eigenvalue weighted by Crippen LogP contribution is -2.10. The molecule has 15 heavy (non-hydrogen) atoms. The van der Waals surface area contributed by atoms with Crippen LogP contribution >= 0.6 is 15.9 Å². The zero-order valence-corrected chi connectivity index (χ0v) is 9.94. The van der Waals surface area contributed by atoms with Crippen molar-refractivity contribution in [3.8, 4) is 0 Å². The van der Waals surface area contributed by atoms with Gasteiger partial charge in [-0.25, -0.2) is 4.79 Å². The molecule has 1 aromatic carbocycles. The van der Waals surface area contributed by atoms with Crippen molar-refractivity contribution >= 4 is 21.9 Å². The van der Waals surface area contributed by atoms with Crippen LogP contribution in [0.25, 0.3) is 0 Å². The number of hydrogen-bond donors (Lipinski definition) is 1. The molecule has 0 aromatic heterocycles. The van der Waals surface area contributed by atoms with Crippen molar-refractivity contribution in [1.29, 1.82) is 0 Å². The van der Waals surface area contributed by atoms with Crippen LogP contribution in [-0.2, 0) is 11.3 Å². The quantitative estimate of drug-likeness (QED) is 0.854. The van der Waals surface area contributed by atoms with E-state index in [9.17, 15) is 4.79 Å². The smallest absolute Gasteiger partial charge is 0.329 e. The van der Waals surface area contributed by atoms with Crippen LogP contribution < -0.4 is 0 Å². The lowest BCUT2D eigenvalue weighted by atomic mass is 10.2. The highest BCUT2D eigenvalue weighted by Crippen LogP contribution is 2.11. The van der Waals surface area contributed by atoms with Crippen molar-refractivity contribution in [3.63, 3.8) is 0 Å². The zero-order chi connectivity index (χ0) is 11.3. The summed E-state index contributed by atoms with van der Waals surface area (Å²) >= 11 is 3.36. The molecule has 0 radical (unpaired) electrons. The van der Waals surface area contributed by atoms with Crippen molar-refractivity contribution in [1.82, 2.24) is 4.90 Å². The van der Waals surface area contributed by atoms with Gasteiger partial charge < -0.3 is 10.0 Å². The maximum absolute atomic E-state index is 10.3. The van der Waals surface area contributed by atoms with Crippen molar-refractivity contribution in [2.24, 2.45) is 0 Å². The van der Waals surface area contributed by atoms with Gasteiger partial charge in [0.2, 0.25) is 0 Å². The van der Waals surface area contributed by atoms with E-state index in [4.69, 9.17) is 5.11 Å². The largest absolute Gasteiger partial charge is 0.478 e.